The number of halogens is 1. The second kappa shape index (κ2) is 7.24. The van der Waals surface area contributed by atoms with Gasteiger partial charge in [-0.05, 0) is 31.0 Å². The van der Waals surface area contributed by atoms with Gasteiger partial charge in [-0.2, -0.15) is 0 Å². The molecule has 112 valence electrons. The molecule has 0 fully saturated rings. The van der Waals surface area contributed by atoms with Crippen molar-refractivity contribution in [2.24, 2.45) is 0 Å². The summed E-state index contributed by atoms with van der Waals surface area (Å²) < 4.78 is 24.0. The fraction of sp³-hybridized carbons (Fsp3) is 0.250. The van der Waals surface area contributed by atoms with Gasteiger partial charge < -0.3 is 9.05 Å². The maximum atomic E-state index is 13.1. The van der Waals surface area contributed by atoms with Crippen molar-refractivity contribution in [2.75, 3.05) is 13.2 Å². The van der Waals surface area contributed by atoms with Crippen LogP contribution in [0.25, 0.3) is 11.1 Å². The highest BCUT2D eigenvalue weighted by Gasteiger charge is 2.32. The van der Waals surface area contributed by atoms with Crippen molar-refractivity contribution in [2.45, 2.75) is 13.8 Å². The highest BCUT2D eigenvalue weighted by atomic mass is 35.5. The Balaban J connectivity index is 2.64. The Morgan fingerprint density at radius 3 is 2.14 bits per heavy atom. The van der Waals surface area contributed by atoms with Crippen LogP contribution in [0.3, 0.4) is 0 Å². The predicted octanol–water partition coefficient (Wildman–Crippen LogP) is 4.90. The smallest absolute Gasteiger partial charge is 0.305 e. The van der Waals surface area contributed by atoms with E-state index in [1.54, 1.807) is 19.9 Å². The second-order valence-electron chi connectivity index (χ2n) is 4.34. The molecule has 5 heteroatoms. The first-order valence-electron chi connectivity index (χ1n) is 6.86. The Labute approximate surface area is 130 Å². The van der Waals surface area contributed by atoms with Gasteiger partial charge in [0.15, 0.2) is 0 Å². The zero-order chi connectivity index (χ0) is 15.3. The molecule has 0 aromatic heterocycles. The monoisotopic (exact) mass is 324 g/mol. The van der Waals surface area contributed by atoms with Crippen LogP contribution < -0.4 is 5.30 Å². The van der Waals surface area contributed by atoms with Crippen molar-refractivity contribution in [1.29, 1.82) is 0 Å². The van der Waals surface area contributed by atoms with E-state index in [4.69, 9.17) is 20.6 Å². The standard InChI is InChI=1S/C16H18ClO3P/c1-3-19-21(18,20-4-2)16-14(11-8-12-15(16)17)13-9-6-5-7-10-13/h5-12H,3-4H2,1-2H3. The SMILES string of the molecule is CCOP(=O)(OCC)c1c(Cl)cccc1-c1ccccc1. The van der Waals surface area contributed by atoms with Gasteiger partial charge >= 0.3 is 7.60 Å². The van der Waals surface area contributed by atoms with E-state index >= 15 is 0 Å². The molecule has 0 radical (unpaired) electrons. The van der Waals surface area contributed by atoms with E-state index in [1.807, 2.05) is 42.5 Å². The third-order valence-corrected chi connectivity index (χ3v) is 5.62. The van der Waals surface area contributed by atoms with Gasteiger partial charge in [0, 0.05) is 0 Å². The van der Waals surface area contributed by atoms with Crippen LogP contribution in [-0.2, 0) is 13.6 Å². The van der Waals surface area contributed by atoms with E-state index < -0.39 is 7.60 Å². The molecule has 2 aromatic rings. The zero-order valence-corrected chi connectivity index (χ0v) is 13.7. The highest BCUT2D eigenvalue weighted by molar-refractivity contribution is 7.62. The normalized spacial score (nSPS) is 11.6. The molecule has 2 rings (SSSR count). The van der Waals surface area contributed by atoms with Gasteiger partial charge in [-0.25, -0.2) is 0 Å². The first kappa shape index (κ1) is 16.3. The Morgan fingerprint density at radius 2 is 1.57 bits per heavy atom. The molecule has 21 heavy (non-hydrogen) atoms. The van der Waals surface area contributed by atoms with Gasteiger partial charge in [-0.3, -0.25) is 4.57 Å². The molecule has 0 heterocycles. The maximum Gasteiger partial charge on any atom is 0.363 e. The van der Waals surface area contributed by atoms with E-state index in [1.165, 1.54) is 0 Å². The molecule has 0 aliphatic carbocycles. The van der Waals surface area contributed by atoms with E-state index in [0.717, 1.165) is 11.1 Å². The van der Waals surface area contributed by atoms with Gasteiger partial charge in [0.2, 0.25) is 0 Å². The minimum absolute atomic E-state index is 0.288. The van der Waals surface area contributed by atoms with Gasteiger partial charge in [-0.1, -0.05) is 54.1 Å². The molecule has 0 aliphatic heterocycles. The van der Waals surface area contributed by atoms with Crippen molar-refractivity contribution in [3.63, 3.8) is 0 Å². The van der Waals surface area contributed by atoms with Gasteiger partial charge in [0.1, 0.15) is 0 Å². The van der Waals surface area contributed by atoms with Crippen molar-refractivity contribution in [1.82, 2.24) is 0 Å². The van der Waals surface area contributed by atoms with Gasteiger partial charge in [0.25, 0.3) is 0 Å². The predicted molar refractivity (Wildman–Crippen MR) is 87.4 cm³/mol. The first-order valence-corrected chi connectivity index (χ1v) is 8.78. The van der Waals surface area contributed by atoms with Crippen LogP contribution in [-0.4, -0.2) is 13.2 Å². The summed E-state index contributed by atoms with van der Waals surface area (Å²) in [4.78, 5) is 0. The molecular formula is C16H18ClO3P. The summed E-state index contributed by atoms with van der Waals surface area (Å²) in [5.74, 6) is 0. The lowest BCUT2D eigenvalue weighted by molar-refractivity contribution is 0.230. The van der Waals surface area contributed by atoms with Crippen molar-refractivity contribution in [3.05, 3.63) is 53.6 Å². The van der Waals surface area contributed by atoms with Crippen molar-refractivity contribution < 1.29 is 13.6 Å². The summed E-state index contributed by atoms with van der Waals surface area (Å²) in [6, 6.07) is 15.1. The largest absolute Gasteiger partial charge is 0.363 e. The van der Waals surface area contributed by atoms with E-state index in [-0.39, 0.29) is 13.2 Å². The molecule has 0 bridgehead atoms. The number of hydrogen-bond donors (Lipinski definition) is 0. The maximum absolute atomic E-state index is 13.1. The van der Waals surface area contributed by atoms with Crippen LogP contribution in [0.1, 0.15) is 13.8 Å². The number of rotatable bonds is 6. The number of hydrogen-bond acceptors (Lipinski definition) is 3. The number of benzene rings is 2. The van der Waals surface area contributed by atoms with Gasteiger partial charge in [0.05, 0.1) is 23.5 Å². The zero-order valence-electron chi connectivity index (χ0n) is 12.1. The molecule has 0 aliphatic rings. The molecular weight excluding hydrogens is 307 g/mol. The summed E-state index contributed by atoms with van der Waals surface area (Å²) in [5, 5.41) is 0.822. The lowest BCUT2D eigenvalue weighted by Crippen LogP contribution is -2.15. The molecule has 3 nitrogen and oxygen atoms in total. The van der Waals surface area contributed by atoms with E-state index in [2.05, 4.69) is 0 Å². The van der Waals surface area contributed by atoms with Crippen LogP contribution in [0.15, 0.2) is 48.5 Å². The molecule has 0 atom stereocenters. The quantitative estimate of drug-likeness (QED) is 0.709. The fourth-order valence-electron chi connectivity index (χ4n) is 2.15. The second-order valence-corrected chi connectivity index (χ2v) is 6.70. The Hall–Kier alpha value is -1.12. The van der Waals surface area contributed by atoms with Crippen LogP contribution in [0.4, 0.5) is 0 Å². The van der Waals surface area contributed by atoms with Crippen LogP contribution in [0.2, 0.25) is 5.02 Å². The summed E-state index contributed by atoms with van der Waals surface area (Å²) in [7, 11) is -3.44. The molecule has 0 spiro atoms. The molecule has 0 amide bonds. The van der Waals surface area contributed by atoms with E-state index in [9.17, 15) is 4.57 Å². The lowest BCUT2D eigenvalue weighted by Gasteiger charge is -2.21. The Bertz CT molecular complexity index is 633. The Morgan fingerprint density at radius 1 is 0.952 bits per heavy atom. The Kier molecular flexibility index (Phi) is 5.60. The van der Waals surface area contributed by atoms with Crippen LogP contribution >= 0.6 is 19.2 Å². The third kappa shape index (κ3) is 3.56. The summed E-state index contributed by atoms with van der Waals surface area (Å²) >= 11 is 6.30. The van der Waals surface area contributed by atoms with Crippen LogP contribution in [0.5, 0.6) is 0 Å². The summed E-state index contributed by atoms with van der Waals surface area (Å²) in [5.41, 5.74) is 1.70. The van der Waals surface area contributed by atoms with Crippen LogP contribution in [0, 0.1) is 0 Å². The molecule has 0 N–H and O–H groups in total. The molecule has 0 saturated heterocycles. The summed E-state index contributed by atoms with van der Waals surface area (Å²) in [6.45, 7) is 4.14. The average molecular weight is 325 g/mol. The lowest BCUT2D eigenvalue weighted by atomic mass is 10.1. The molecule has 0 saturated carbocycles. The van der Waals surface area contributed by atoms with Gasteiger partial charge in [-0.15, -0.1) is 0 Å². The minimum atomic E-state index is -3.44. The van der Waals surface area contributed by atoms with E-state index in [0.29, 0.717) is 10.3 Å². The first-order chi connectivity index (χ1) is 10.1. The topological polar surface area (TPSA) is 35.5 Å². The third-order valence-electron chi connectivity index (χ3n) is 2.94. The average Bonchev–Trinajstić information content (AvgIpc) is 2.48. The highest BCUT2D eigenvalue weighted by Crippen LogP contribution is 2.51. The van der Waals surface area contributed by atoms with Crippen molar-refractivity contribution in [3.8, 4) is 11.1 Å². The fourth-order valence-corrected chi connectivity index (χ4v) is 4.48. The summed E-state index contributed by atoms with van der Waals surface area (Å²) in [6.07, 6.45) is 0. The van der Waals surface area contributed by atoms with Crippen molar-refractivity contribution >= 4 is 24.5 Å². The molecule has 2 aromatic carbocycles. The minimum Gasteiger partial charge on any atom is -0.305 e. The molecule has 0 unspecified atom stereocenters.